The van der Waals surface area contributed by atoms with Crippen molar-refractivity contribution < 1.29 is 8.42 Å². The van der Waals surface area contributed by atoms with Crippen LogP contribution in [0.4, 0.5) is 0 Å². The first kappa shape index (κ1) is 11.3. The second kappa shape index (κ2) is 3.78. The van der Waals surface area contributed by atoms with Gasteiger partial charge in [-0.2, -0.15) is 0 Å². The quantitative estimate of drug-likeness (QED) is 0.385. The number of azide groups is 1. The topological polar surface area (TPSA) is 82.9 Å². The molecule has 0 aliphatic carbocycles. The molecule has 5 nitrogen and oxygen atoms in total. The first-order valence-electron chi connectivity index (χ1n) is 3.54. The van der Waals surface area contributed by atoms with Gasteiger partial charge in [0.05, 0.1) is 10.5 Å². The fourth-order valence-electron chi connectivity index (χ4n) is 0.512. The van der Waals surface area contributed by atoms with Gasteiger partial charge in [-0.1, -0.05) is 5.11 Å². The zero-order valence-electron chi connectivity index (χ0n) is 7.48. The van der Waals surface area contributed by atoms with Crippen LogP contribution >= 0.6 is 0 Å². The van der Waals surface area contributed by atoms with Crippen molar-refractivity contribution in [3.05, 3.63) is 10.4 Å². The Morgan fingerprint density at radius 2 is 1.92 bits per heavy atom. The summed E-state index contributed by atoms with van der Waals surface area (Å²) < 4.78 is 21.9. The summed E-state index contributed by atoms with van der Waals surface area (Å²) in [5, 5.41) is 3.17. The van der Waals surface area contributed by atoms with Crippen LogP contribution in [0.2, 0.25) is 0 Å². The Bertz CT molecular complexity index is 282. The highest BCUT2D eigenvalue weighted by molar-refractivity contribution is 7.92. The van der Waals surface area contributed by atoms with Gasteiger partial charge < -0.3 is 0 Å². The van der Waals surface area contributed by atoms with E-state index >= 15 is 0 Å². The first-order chi connectivity index (χ1) is 5.31. The zero-order chi connectivity index (χ0) is 9.83. The molecule has 0 saturated carbocycles. The molecule has 0 aromatic rings. The summed E-state index contributed by atoms with van der Waals surface area (Å²) >= 11 is 0. The summed E-state index contributed by atoms with van der Waals surface area (Å²) in [6.45, 7) is 4.88. The maximum atomic E-state index is 11.3. The van der Waals surface area contributed by atoms with Gasteiger partial charge in [-0.3, -0.25) is 0 Å². The lowest BCUT2D eigenvalue weighted by Gasteiger charge is -2.17. The molecule has 0 rings (SSSR count). The Morgan fingerprint density at radius 3 is 2.25 bits per heavy atom. The summed E-state index contributed by atoms with van der Waals surface area (Å²) in [5.74, 6) is -0.0828. The Hall–Kier alpha value is -0.740. The molecular formula is C6H13N3O2S. The molecule has 0 atom stereocenters. The van der Waals surface area contributed by atoms with Crippen LogP contribution in [0.25, 0.3) is 10.4 Å². The molecular weight excluding hydrogens is 178 g/mol. The minimum absolute atomic E-state index is 0.0100. The molecule has 70 valence electrons. The molecule has 0 aromatic heterocycles. The van der Waals surface area contributed by atoms with Gasteiger partial charge >= 0.3 is 0 Å². The van der Waals surface area contributed by atoms with E-state index in [9.17, 15) is 8.42 Å². The number of hydrogen-bond donors (Lipinski definition) is 0. The van der Waals surface area contributed by atoms with Crippen LogP contribution in [-0.4, -0.2) is 25.5 Å². The van der Waals surface area contributed by atoms with Gasteiger partial charge in [0.15, 0.2) is 9.84 Å². The van der Waals surface area contributed by atoms with Crippen LogP contribution in [0.3, 0.4) is 0 Å². The van der Waals surface area contributed by atoms with Crippen molar-refractivity contribution >= 4 is 9.84 Å². The normalized spacial score (nSPS) is 12.2. The highest BCUT2D eigenvalue weighted by Crippen LogP contribution is 2.15. The zero-order valence-corrected chi connectivity index (χ0v) is 8.30. The molecule has 0 fully saturated rings. The van der Waals surface area contributed by atoms with E-state index < -0.39 is 14.6 Å². The minimum atomic E-state index is -3.13. The van der Waals surface area contributed by atoms with Crippen LogP contribution in [0, 0.1) is 0 Å². The molecule has 0 aliphatic rings. The van der Waals surface area contributed by atoms with Crippen LogP contribution in [0.5, 0.6) is 0 Å². The first-order valence-corrected chi connectivity index (χ1v) is 5.19. The lowest BCUT2D eigenvalue weighted by molar-refractivity contribution is 0.560. The molecule has 12 heavy (non-hydrogen) atoms. The molecule has 0 unspecified atom stereocenters. The number of nitrogens with zero attached hydrogens (tertiary/aromatic N) is 3. The van der Waals surface area contributed by atoms with Gasteiger partial charge in [-0.15, -0.1) is 0 Å². The van der Waals surface area contributed by atoms with Gasteiger partial charge in [-0.25, -0.2) is 8.42 Å². The summed E-state index contributed by atoms with van der Waals surface area (Å²) in [7, 11) is -3.13. The van der Waals surface area contributed by atoms with Gasteiger partial charge in [0, 0.05) is 11.5 Å². The summed E-state index contributed by atoms with van der Waals surface area (Å²) in [6, 6.07) is 0. The number of hydrogen-bond acceptors (Lipinski definition) is 3. The van der Waals surface area contributed by atoms with Gasteiger partial charge in [-0.05, 0) is 26.3 Å². The number of rotatable bonds is 3. The SMILES string of the molecule is CC(C)(C)S(=O)(=O)CCN=[N+]=[N-]. The van der Waals surface area contributed by atoms with Crippen molar-refractivity contribution in [2.75, 3.05) is 12.3 Å². The molecule has 0 saturated heterocycles. The number of sulfone groups is 1. The van der Waals surface area contributed by atoms with E-state index in [2.05, 4.69) is 10.0 Å². The highest BCUT2D eigenvalue weighted by Gasteiger charge is 2.27. The van der Waals surface area contributed by atoms with Gasteiger partial charge in [0.2, 0.25) is 0 Å². The van der Waals surface area contributed by atoms with Gasteiger partial charge in [0.25, 0.3) is 0 Å². The van der Waals surface area contributed by atoms with Crippen molar-refractivity contribution in [3.8, 4) is 0 Å². The van der Waals surface area contributed by atoms with Crippen LogP contribution in [0.15, 0.2) is 5.11 Å². The Kier molecular flexibility index (Phi) is 3.55. The molecule has 0 bridgehead atoms. The van der Waals surface area contributed by atoms with E-state index in [1.807, 2.05) is 0 Å². The van der Waals surface area contributed by atoms with E-state index in [1.165, 1.54) is 0 Å². The maximum Gasteiger partial charge on any atom is 0.155 e. The predicted octanol–water partition coefficient (Wildman–Crippen LogP) is 1.51. The largest absolute Gasteiger partial charge is 0.228 e. The third-order valence-corrected chi connectivity index (χ3v) is 4.04. The van der Waals surface area contributed by atoms with Crippen molar-refractivity contribution in [2.24, 2.45) is 5.11 Å². The van der Waals surface area contributed by atoms with Crippen molar-refractivity contribution in [2.45, 2.75) is 25.5 Å². The Balaban J connectivity index is 4.36. The molecule has 0 N–H and O–H groups in total. The predicted molar refractivity (Wildman–Crippen MR) is 47.6 cm³/mol. The second-order valence-corrected chi connectivity index (χ2v) is 6.25. The average molecular weight is 191 g/mol. The summed E-state index contributed by atoms with van der Waals surface area (Å²) in [5.41, 5.74) is 7.93. The van der Waals surface area contributed by atoms with E-state index in [4.69, 9.17) is 5.53 Å². The monoisotopic (exact) mass is 191 g/mol. The smallest absolute Gasteiger partial charge is 0.155 e. The molecule has 0 radical (unpaired) electrons. The molecule has 0 aromatic carbocycles. The Morgan fingerprint density at radius 1 is 1.42 bits per heavy atom. The van der Waals surface area contributed by atoms with E-state index in [-0.39, 0.29) is 12.3 Å². The van der Waals surface area contributed by atoms with E-state index in [1.54, 1.807) is 20.8 Å². The fraction of sp³-hybridized carbons (Fsp3) is 1.00. The van der Waals surface area contributed by atoms with Crippen molar-refractivity contribution in [1.82, 2.24) is 0 Å². The molecule has 0 aliphatic heterocycles. The lowest BCUT2D eigenvalue weighted by Crippen LogP contribution is -2.31. The minimum Gasteiger partial charge on any atom is -0.228 e. The Labute approximate surface area is 72.3 Å². The lowest BCUT2D eigenvalue weighted by atomic mass is 10.3. The maximum absolute atomic E-state index is 11.3. The van der Waals surface area contributed by atoms with Crippen LogP contribution in [-0.2, 0) is 9.84 Å². The van der Waals surface area contributed by atoms with E-state index in [0.29, 0.717) is 0 Å². The third kappa shape index (κ3) is 3.11. The van der Waals surface area contributed by atoms with Crippen molar-refractivity contribution in [1.29, 1.82) is 0 Å². The second-order valence-electron chi connectivity index (χ2n) is 3.39. The molecule has 0 spiro atoms. The van der Waals surface area contributed by atoms with E-state index in [0.717, 1.165) is 0 Å². The standard InChI is InChI=1S/C6H13N3O2S/c1-6(2,3)12(10,11)5-4-8-9-7/h4-5H2,1-3H3. The molecule has 0 heterocycles. The van der Waals surface area contributed by atoms with Crippen molar-refractivity contribution in [3.63, 3.8) is 0 Å². The average Bonchev–Trinajstić information content (AvgIpc) is 1.85. The van der Waals surface area contributed by atoms with Crippen LogP contribution < -0.4 is 0 Å². The van der Waals surface area contributed by atoms with Crippen LogP contribution in [0.1, 0.15) is 20.8 Å². The third-order valence-electron chi connectivity index (χ3n) is 1.46. The van der Waals surface area contributed by atoms with Gasteiger partial charge in [0.1, 0.15) is 0 Å². The summed E-state index contributed by atoms with van der Waals surface area (Å²) in [6.07, 6.45) is 0. The summed E-state index contributed by atoms with van der Waals surface area (Å²) in [4.78, 5) is 2.48. The highest BCUT2D eigenvalue weighted by atomic mass is 32.2. The molecule has 6 heteroatoms. The molecule has 0 amide bonds. The fourth-order valence-corrected chi connectivity index (χ4v) is 1.45.